The summed E-state index contributed by atoms with van der Waals surface area (Å²) in [7, 11) is 0. The molecule has 0 N–H and O–H groups in total. The van der Waals surface area contributed by atoms with Gasteiger partial charge >= 0.3 is 6.18 Å². The number of anilines is 2. The molecule has 2 saturated heterocycles. The summed E-state index contributed by atoms with van der Waals surface area (Å²) in [5.74, 6) is 0.446. The van der Waals surface area contributed by atoms with E-state index in [4.69, 9.17) is 0 Å². The second-order valence-corrected chi connectivity index (χ2v) is 8.09. The van der Waals surface area contributed by atoms with E-state index in [0.717, 1.165) is 12.5 Å². The maximum absolute atomic E-state index is 12.9. The zero-order valence-corrected chi connectivity index (χ0v) is 16.2. The lowest BCUT2D eigenvalue weighted by molar-refractivity contribution is -0.141. The third-order valence-corrected chi connectivity index (χ3v) is 5.85. The van der Waals surface area contributed by atoms with Crippen LogP contribution < -0.4 is 9.80 Å². The summed E-state index contributed by atoms with van der Waals surface area (Å²) in [5.41, 5.74) is -0.109. The molecule has 1 spiro atoms. The first-order chi connectivity index (χ1) is 14.7. The summed E-state index contributed by atoms with van der Waals surface area (Å²) in [4.78, 5) is 16.1. The summed E-state index contributed by atoms with van der Waals surface area (Å²) in [5, 5.41) is 4.54. The number of aromatic nitrogens is 5. The second-order valence-electron chi connectivity index (χ2n) is 8.09. The number of halogens is 5. The predicted molar refractivity (Wildman–Crippen MR) is 102 cm³/mol. The van der Waals surface area contributed by atoms with Crippen molar-refractivity contribution in [2.45, 2.75) is 25.6 Å². The van der Waals surface area contributed by atoms with E-state index < -0.39 is 24.8 Å². The molecule has 0 unspecified atom stereocenters. The molecule has 0 aliphatic carbocycles. The molecule has 2 aliphatic rings. The van der Waals surface area contributed by atoms with Crippen molar-refractivity contribution in [3.8, 4) is 0 Å². The lowest BCUT2D eigenvalue weighted by Gasteiger charge is -2.49. The van der Waals surface area contributed by atoms with E-state index in [1.807, 2.05) is 9.80 Å². The quantitative estimate of drug-likeness (QED) is 0.582. The first-order valence-corrected chi connectivity index (χ1v) is 9.72. The fourth-order valence-electron chi connectivity index (χ4n) is 4.36. The number of rotatable bonds is 4. The average molecular weight is 439 g/mol. The molecular formula is C19H18F5N7. The van der Waals surface area contributed by atoms with Gasteiger partial charge in [0.15, 0.2) is 5.65 Å². The van der Waals surface area contributed by atoms with Crippen LogP contribution in [0.1, 0.15) is 12.1 Å². The number of nitrogens with zero attached hydrogens (tertiary/aromatic N) is 7. The van der Waals surface area contributed by atoms with Crippen LogP contribution in [0.5, 0.6) is 0 Å². The van der Waals surface area contributed by atoms with E-state index in [-0.39, 0.29) is 5.41 Å². The molecule has 0 radical (unpaired) electrons. The minimum Gasteiger partial charge on any atom is -0.370 e. The maximum atomic E-state index is 12.9. The van der Waals surface area contributed by atoms with E-state index in [1.54, 1.807) is 12.3 Å². The van der Waals surface area contributed by atoms with E-state index in [2.05, 4.69) is 20.1 Å². The predicted octanol–water partition coefficient (Wildman–Crippen LogP) is 3.22. The first-order valence-electron chi connectivity index (χ1n) is 9.72. The van der Waals surface area contributed by atoms with Crippen molar-refractivity contribution in [1.29, 1.82) is 0 Å². The standard InChI is InChI=1S/C19H18F5N7/c20-15(21)8-31-16-12(7-27-31)6-26-17(28-16)29-4-2-18(9-29)10-30(11-18)13-1-3-25-14(5-13)19(22,23)24/h1,3,5-7,15H,2,4,8-11H2. The van der Waals surface area contributed by atoms with Crippen LogP contribution in [0.2, 0.25) is 0 Å². The van der Waals surface area contributed by atoms with Crippen LogP contribution in [0.4, 0.5) is 33.6 Å². The number of pyridine rings is 1. The Bertz CT molecular complexity index is 1110. The van der Waals surface area contributed by atoms with E-state index in [1.165, 1.54) is 17.1 Å². The molecular weight excluding hydrogens is 421 g/mol. The monoisotopic (exact) mass is 439 g/mol. The molecule has 2 fully saturated rings. The zero-order chi connectivity index (χ0) is 21.8. The highest BCUT2D eigenvalue weighted by atomic mass is 19.4. The molecule has 12 heteroatoms. The zero-order valence-electron chi connectivity index (χ0n) is 16.2. The Hall–Kier alpha value is -3.05. The average Bonchev–Trinajstić information content (AvgIpc) is 3.31. The number of hydrogen-bond donors (Lipinski definition) is 0. The molecule has 164 valence electrons. The van der Waals surface area contributed by atoms with Gasteiger partial charge in [0, 0.05) is 49.7 Å². The highest BCUT2D eigenvalue weighted by molar-refractivity contribution is 5.74. The molecule has 0 aromatic carbocycles. The smallest absolute Gasteiger partial charge is 0.370 e. The van der Waals surface area contributed by atoms with Crippen LogP contribution in [0, 0.1) is 5.41 Å². The van der Waals surface area contributed by atoms with Crippen molar-refractivity contribution < 1.29 is 22.0 Å². The lowest BCUT2D eigenvalue weighted by Crippen LogP contribution is -2.57. The van der Waals surface area contributed by atoms with Gasteiger partial charge < -0.3 is 9.80 Å². The summed E-state index contributed by atoms with van der Waals surface area (Å²) < 4.78 is 65.5. The van der Waals surface area contributed by atoms with Crippen LogP contribution in [0.15, 0.2) is 30.7 Å². The van der Waals surface area contributed by atoms with Gasteiger partial charge in [-0.25, -0.2) is 18.4 Å². The Morgan fingerprint density at radius 2 is 1.84 bits per heavy atom. The molecule has 5 rings (SSSR count). The van der Waals surface area contributed by atoms with E-state index >= 15 is 0 Å². The topological polar surface area (TPSA) is 63.0 Å². The molecule has 0 bridgehead atoms. The summed E-state index contributed by atoms with van der Waals surface area (Å²) in [6, 6.07) is 2.65. The van der Waals surface area contributed by atoms with Gasteiger partial charge in [0.1, 0.15) is 12.2 Å². The maximum Gasteiger partial charge on any atom is 0.433 e. The molecule has 0 atom stereocenters. The van der Waals surface area contributed by atoms with Gasteiger partial charge in [-0.05, 0) is 18.6 Å². The van der Waals surface area contributed by atoms with E-state index in [0.29, 0.717) is 48.8 Å². The van der Waals surface area contributed by atoms with Gasteiger partial charge in [-0.15, -0.1) is 0 Å². The van der Waals surface area contributed by atoms with Crippen molar-refractivity contribution in [3.05, 3.63) is 36.4 Å². The van der Waals surface area contributed by atoms with Crippen molar-refractivity contribution >= 4 is 22.7 Å². The normalized spacial score (nSPS) is 18.4. The molecule has 3 aromatic rings. The van der Waals surface area contributed by atoms with Crippen molar-refractivity contribution in [3.63, 3.8) is 0 Å². The fourth-order valence-corrected chi connectivity index (χ4v) is 4.36. The minimum atomic E-state index is -4.48. The van der Waals surface area contributed by atoms with Crippen LogP contribution in [0.25, 0.3) is 11.0 Å². The third kappa shape index (κ3) is 3.63. The highest BCUT2D eigenvalue weighted by Crippen LogP contribution is 2.43. The molecule has 31 heavy (non-hydrogen) atoms. The molecule has 0 saturated carbocycles. The van der Waals surface area contributed by atoms with Crippen molar-refractivity contribution in [1.82, 2.24) is 24.7 Å². The van der Waals surface area contributed by atoms with Crippen LogP contribution in [0.3, 0.4) is 0 Å². The molecule has 3 aromatic heterocycles. The van der Waals surface area contributed by atoms with Crippen molar-refractivity contribution in [2.75, 3.05) is 36.0 Å². The van der Waals surface area contributed by atoms with Gasteiger partial charge in [-0.3, -0.25) is 4.98 Å². The summed E-state index contributed by atoms with van der Waals surface area (Å²) in [6.45, 7) is 2.04. The van der Waals surface area contributed by atoms with Gasteiger partial charge in [-0.2, -0.15) is 23.3 Å². The summed E-state index contributed by atoms with van der Waals surface area (Å²) in [6.07, 6.45) is -1.96. The second kappa shape index (κ2) is 6.99. The fraction of sp³-hybridized carbons (Fsp3) is 0.474. The van der Waals surface area contributed by atoms with Gasteiger partial charge in [0.05, 0.1) is 11.6 Å². The van der Waals surface area contributed by atoms with Gasteiger partial charge in [0.25, 0.3) is 6.43 Å². The Balaban J connectivity index is 1.29. The lowest BCUT2D eigenvalue weighted by atomic mass is 9.79. The van der Waals surface area contributed by atoms with E-state index in [9.17, 15) is 22.0 Å². The first kappa shape index (κ1) is 19.9. The van der Waals surface area contributed by atoms with Crippen LogP contribution in [-0.4, -0.2) is 57.3 Å². The number of alkyl halides is 5. The Labute approximate surface area is 173 Å². The molecule has 0 amide bonds. The minimum absolute atomic E-state index is 0.0663. The van der Waals surface area contributed by atoms with Crippen molar-refractivity contribution in [2.24, 2.45) is 5.41 Å². The largest absolute Gasteiger partial charge is 0.433 e. The van der Waals surface area contributed by atoms with Gasteiger partial charge in [-0.1, -0.05) is 0 Å². The SMILES string of the molecule is FC(F)Cn1ncc2cnc(N3CCC4(CN(c5ccnc(C(F)(F)F)c5)C4)C3)nc21. The Kier molecular flexibility index (Phi) is 4.48. The molecule has 5 heterocycles. The number of hydrogen-bond acceptors (Lipinski definition) is 6. The highest BCUT2D eigenvalue weighted by Gasteiger charge is 2.48. The molecule has 7 nitrogen and oxygen atoms in total. The Morgan fingerprint density at radius 3 is 2.58 bits per heavy atom. The van der Waals surface area contributed by atoms with Crippen LogP contribution in [-0.2, 0) is 12.7 Å². The Morgan fingerprint density at radius 1 is 1.06 bits per heavy atom. The van der Waals surface area contributed by atoms with Crippen LogP contribution >= 0.6 is 0 Å². The number of fused-ring (bicyclic) bond motifs is 1. The summed E-state index contributed by atoms with van der Waals surface area (Å²) >= 11 is 0. The molecule has 2 aliphatic heterocycles. The van der Waals surface area contributed by atoms with Gasteiger partial charge in [0.2, 0.25) is 5.95 Å². The third-order valence-electron chi connectivity index (χ3n) is 5.85.